The molecule has 0 bridgehead atoms. The Balaban J connectivity index is 0.000000331. The molecule has 0 amide bonds. The van der Waals surface area contributed by atoms with Crippen LogP contribution in [-0.4, -0.2) is 55.0 Å². The van der Waals surface area contributed by atoms with Crippen molar-refractivity contribution >= 4 is 26.8 Å². The van der Waals surface area contributed by atoms with E-state index in [1.807, 2.05) is 6.92 Å². The second kappa shape index (κ2) is 9.77. The molecule has 7 heteroatoms. The third-order valence-corrected chi connectivity index (χ3v) is 5.28. The minimum Gasteiger partial charge on any atom is -0.748 e. The highest BCUT2D eigenvalue weighted by Gasteiger charge is 2.23. The van der Waals surface area contributed by atoms with Crippen LogP contribution in [0.1, 0.15) is 26.7 Å². The van der Waals surface area contributed by atoms with Crippen LogP contribution < -0.4 is 0 Å². The lowest BCUT2D eigenvalue weighted by Crippen LogP contribution is -2.30. The van der Waals surface area contributed by atoms with Crippen molar-refractivity contribution in [3.05, 3.63) is 0 Å². The van der Waals surface area contributed by atoms with Crippen molar-refractivity contribution in [2.24, 2.45) is 0 Å². The van der Waals surface area contributed by atoms with Gasteiger partial charge in [0.1, 0.15) is 11.5 Å². The molecular formula is C11H22O5S2. The fraction of sp³-hybridized carbons (Fsp3) is 0.909. The van der Waals surface area contributed by atoms with Crippen LogP contribution in [0.15, 0.2) is 0 Å². The van der Waals surface area contributed by atoms with Gasteiger partial charge in [-0.15, -0.1) is 0 Å². The lowest BCUT2D eigenvalue weighted by molar-refractivity contribution is -0.114. The molecule has 1 heterocycles. The molecule has 1 fully saturated rings. The summed E-state index contributed by atoms with van der Waals surface area (Å²) < 4.78 is 34.7. The highest BCUT2D eigenvalue weighted by atomic mass is 32.2. The number of rotatable bonds is 5. The molecule has 0 aromatic carbocycles. The van der Waals surface area contributed by atoms with E-state index in [1.54, 1.807) is 6.92 Å². The Morgan fingerprint density at radius 1 is 1.33 bits per heavy atom. The third kappa shape index (κ3) is 12.3. The number of carbonyl (C=O) groups excluding carboxylic acids is 1. The van der Waals surface area contributed by atoms with Crippen molar-refractivity contribution in [2.45, 2.75) is 26.7 Å². The number of Topliss-reactive ketones (excluding diaryl/α,β-unsaturated/α-hetero) is 1. The number of hydrogen-bond acceptors (Lipinski definition) is 5. The average molecular weight is 298 g/mol. The molecule has 0 radical (unpaired) electrons. The zero-order valence-corrected chi connectivity index (χ0v) is 12.6. The molecule has 0 N–H and O–H groups in total. The summed E-state index contributed by atoms with van der Waals surface area (Å²) in [6.07, 6.45) is 1.23. The van der Waals surface area contributed by atoms with E-state index in [-0.39, 0.29) is 5.75 Å². The predicted molar refractivity (Wildman–Crippen MR) is 72.9 cm³/mol. The Morgan fingerprint density at radius 2 is 1.89 bits per heavy atom. The second-order valence-corrected chi connectivity index (χ2v) is 7.95. The molecule has 5 nitrogen and oxygen atoms in total. The molecule has 108 valence electrons. The lowest BCUT2D eigenvalue weighted by Gasteiger charge is -2.12. The quantitative estimate of drug-likeness (QED) is 0.547. The van der Waals surface area contributed by atoms with E-state index < -0.39 is 10.1 Å². The molecule has 1 saturated heterocycles. The van der Waals surface area contributed by atoms with E-state index in [2.05, 4.69) is 0 Å². The summed E-state index contributed by atoms with van der Waals surface area (Å²) in [5.74, 6) is 3.08. The molecule has 1 rings (SSSR count). The third-order valence-electron chi connectivity index (χ3n) is 2.19. The standard InChI is InChI=1S/C7H13O2S.C4H10O3S/c1-7(8)6-10-4-2-9-3-5-10;1-2-3-4-8(5,6)7/h2-6H2,1H3;2-4H2,1H3,(H,5,6,7)/q+1;/p-1. The highest BCUT2D eigenvalue weighted by molar-refractivity contribution is 7.97. The normalized spacial score (nSPS) is 16.8. The summed E-state index contributed by atoms with van der Waals surface area (Å²) in [5.41, 5.74) is 0. The van der Waals surface area contributed by atoms with Crippen LogP contribution in [-0.2, 0) is 30.5 Å². The maximum Gasteiger partial charge on any atom is 0.178 e. The van der Waals surface area contributed by atoms with Crippen LogP contribution in [0.3, 0.4) is 0 Å². The van der Waals surface area contributed by atoms with Crippen LogP contribution in [0.2, 0.25) is 0 Å². The van der Waals surface area contributed by atoms with Crippen molar-refractivity contribution in [3.8, 4) is 0 Å². The molecule has 0 saturated carbocycles. The molecule has 0 spiro atoms. The van der Waals surface area contributed by atoms with Crippen LogP contribution in [0.25, 0.3) is 0 Å². The fourth-order valence-corrected chi connectivity index (χ4v) is 3.73. The molecule has 0 aliphatic carbocycles. The van der Waals surface area contributed by atoms with Gasteiger partial charge in [-0.05, 0) is 24.2 Å². The van der Waals surface area contributed by atoms with Gasteiger partial charge in [0.05, 0.1) is 23.3 Å². The Morgan fingerprint density at radius 3 is 2.22 bits per heavy atom. The molecule has 0 unspecified atom stereocenters. The largest absolute Gasteiger partial charge is 0.748 e. The Labute approximate surface area is 112 Å². The first kappa shape index (κ1) is 17.9. The van der Waals surface area contributed by atoms with Gasteiger partial charge in [-0.2, -0.15) is 0 Å². The van der Waals surface area contributed by atoms with Gasteiger partial charge >= 0.3 is 0 Å². The summed E-state index contributed by atoms with van der Waals surface area (Å²) in [7, 11) is -3.59. The first-order valence-electron chi connectivity index (χ1n) is 6.00. The van der Waals surface area contributed by atoms with Crippen molar-refractivity contribution in [3.63, 3.8) is 0 Å². The molecule has 0 aromatic rings. The van der Waals surface area contributed by atoms with Gasteiger partial charge in [-0.3, -0.25) is 4.79 Å². The zero-order valence-electron chi connectivity index (χ0n) is 11.0. The van der Waals surface area contributed by atoms with E-state index in [9.17, 15) is 17.8 Å². The van der Waals surface area contributed by atoms with Crippen LogP contribution in [0.4, 0.5) is 0 Å². The Kier molecular flexibility index (Phi) is 9.71. The minimum atomic E-state index is -3.94. The Bertz CT molecular complexity index is 320. The second-order valence-electron chi connectivity index (χ2n) is 4.09. The van der Waals surface area contributed by atoms with Gasteiger partial charge in [0.15, 0.2) is 11.5 Å². The van der Waals surface area contributed by atoms with Crippen LogP contribution in [0.5, 0.6) is 0 Å². The molecule has 1 aliphatic heterocycles. The van der Waals surface area contributed by atoms with E-state index in [4.69, 9.17) is 4.74 Å². The van der Waals surface area contributed by atoms with Gasteiger partial charge in [0.25, 0.3) is 0 Å². The maximum atomic E-state index is 10.7. The molecular weight excluding hydrogens is 276 g/mol. The zero-order chi connectivity index (χ0) is 14.0. The molecule has 0 aromatic heterocycles. The number of hydrogen-bond donors (Lipinski definition) is 0. The summed E-state index contributed by atoms with van der Waals surface area (Å²) >= 11 is 0. The summed E-state index contributed by atoms with van der Waals surface area (Å²) in [5, 5.41) is 0. The van der Waals surface area contributed by atoms with E-state index in [0.717, 1.165) is 36.9 Å². The molecule has 18 heavy (non-hydrogen) atoms. The van der Waals surface area contributed by atoms with Gasteiger partial charge < -0.3 is 9.29 Å². The van der Waals surface area contributed by atoms with Gasteiger partial charge in [-0.25, -0.2) is 8.42 Å². The van der Waals surface area contributed by atoms with E-state index in [0.29, 0.717) is 23.1 Å². The van der Waals surface area contributed by atoms with Crippen molar-refractivity contribution in [1.29, 1.82) is 0 Å². The van der Waals surface area contributed by atoms with Gasteiger partial charge in [0.2, 0.25) is 0 Å². The summed E-state index contributed by atoms with van der Waals surface area (Å²) in [6.45, 7) is 5.22. The van der Waals surface area contributed by atoms with Crippen molar-refractivity contribution in [1.82, 2.24) is 0 Å². The highest BCUT2D eigenvalue weighted by Crippen LogP contribution is 2.03. The fourth-order valence-electron chi connectivity index (χ4n) is 1.31. The van der Waals surface area contributed by atoms with Crippen LogP contribution >= 0.6 is 0 Å². The topological polar surface area (TPSA) is 83.5 Å². The maximum absolute atomic E-state index is 10.7. The first-order chi connectivity index (χ1) is 8.35. The SMILES string of the molecule is CC(=O)C[S+]1CCOCC1.CCCCS(=O)(=O)[O-]. The van der Waals surface area contributed by atoms with Gasteiger partial charge in [-0.1, -0.05) is 13.3 Å². The Hall–Kier alpha value is -0.110. The van der Waals surface area contributed by atoms with Crippen molar-refractivity contribution < 1.29 is 22.5 Å². The summed E-state index contributed by atoms with van der Waals surface area (Å²) in [6, 6.07) is 0. The minimum absolute atomic E-state index is 0.219. The number of carbonyl (C=O) groups is 1. The number of ether oxygens (including phenoxy) is 1. The van der Waals surface area contributed by atoms with Gasteiger partial charge in [0, 0.05) is 5.75 Å². The molecule has 1 aliphatic rings. The van der Waals surface area contributed by atoms with Crippen LogP contribution in [0, 0.1) is 0 Å². The first-order valence-corrected chi connectivity index (χ1v) is 9.31. The smallest absolute Gasteiger partial charge is 0.178 e. The number of unbranched alkanes of at least 4 members (excludes halogenated alkanes) is 1. The monoisotopic (exact) mass is 298 g/mol. The van der Waals surface area contributed by atoms with E-state index >= 15 is 0 Å². The predicted octanol–water partition coefficient (Wildman–Crippen LogP) is 0.556. The summed E-state index contributed by atoms with van der Waals surface area (Å²) in [4.78, 5) is 10.7. The lowest BCUT2D eigenvalue weighted by atomic mass is 10.4. The van der Waals surface area contributed by atoms with Crippen molar-refractivity contribution in [2.75, 3.05) is 36.2 Å². The molecule has 0 atom stereocenters. The average Bonchev–Trinajstić information content (AvgIpc) is 2.27. The number of ketones is 1. The van der Waals surface area contributed by atoms with E-state index in [1.165, 1.54) is 0 Å².